The van der Waals surface area contributed by atoms with E-state index in [1.807, 2.05) is 24.5 Å². The van der Waals surface area contributed by atoms with Crippen LogP contribution in [0.2, 0.25) is 0 Å². The number of nitrogens with zero attached hydrogens (tertiary/aromatic N) is 4. The standard InChI is InChI=1S/C15H14N4/c16-9-12-1-2-15(18-10-12)19-8-5-14(11-19)13-3-6-17-7-4-13/h1-4,6-7,10,14H,5,8,11H2. The van der Waals surface area contributed by atoms with Gasteiger partial charge in [-0.1, -0.05) is 0 Å². The molecule has 2 aromatic rings. The lowest BCUT2D eigenvalue weighted by Crippen LogP contribution is -2.20. The summed E-state index contributed by atoms with van der Waals surface area (Å²) in [5.41, 5.74) is 1.94. The lowest BCUT2D eigenvalue weighted by Gasteiger charge is -2.17. The van der Waals surface area contributed by atoms with Crippen molar-refractivity contribution in [2.45, 2.75) is 12.3 Å². The molecule has 3 rings (SSSR count). The number of pyridine rings is 2. The van der Waals surface area contributed by atoms with E-state index in [0.717, 1.165) is 25.3 Å². The number of hydrogen-bond acceptors (Lipinski definition) is 4. The molecule has 19 heavy (non-hydrogen) atoms. The predicted octanol–water partition coefficient (Wildman–Crippen LogP) is 2.34. The second kappa shape index (κ2) is 5.07. The van der Waals surface area contributed by atoms with E-state index in [9.17, 15) is 0 Å². The fourth-order valence-electron chi connectivity index (χ4n) is 2.52. The Hall–Kier alpha value is -2.41. The molecule has 0 amide bonds. The Kier molecular flexibility index (Phi) is 3.11. The summed E-state index contributed by atoms with van der Waals surface area (Å²) in [4.78, 5) is 10.7. The van der Waals surface area contributed by atoms with Crippen LogP contribution < -0.4 is 4.90 Å². The highest BCUT2D eigenvalue weighted by atomic mass is 15.2. The molecule has 2 aromatic heterocycles. The van der Waals surface area contributed by atoms with E-state index in [4.69, 9.17) is 5.26 Å². The smallest absolute Gasteiger partial charge is 0.128 e. The first-order valence-electron chi connectivity index (χ1n) is 6.38. The van der Waals surface area contributed by atoms with Crippen molar-refractivity contribution in [2.24, 2.45) is 0 Å². The molecule has 94 valence electrons. The van der Waals surface area contributed by atoms with Gasteiger partial charge in [-0.2, -0.15) is 5.26 Å². The van der Waals surface area contributed by atoms with Crippen molar-refractivity contribution in [3.05, 3.63) is 54.0 Å². The summed E-state index contributed by atoms with van der Waals surface area (Å²) in [6.45, 7) is 1.98. The molecule has 1 aliphatic rings. The molecular formula is C15H14N4. The molecule has 4 heteroatoms. The van der Waals surface area contributed by atoms with Crippen LogP contribution in [0.5, 0.6) is 0 Å². The second-order valence-corrected chi connectivity index (χ2v) is 4.73. The van der Waals surface area contributed by atoms with Gasteiger partial charge in [-0.15, -0.1) is 0 Å². The zero-order valence-electron chi connectivity index (χ0n) is 10.5. The fraction of sp³-hybridized carbons (Fsp3) is 0.267. The lowest BCUT2D eigenvalue weighted by molar-refractivity contribution is 0.772. The minimum Gasteiger partial charge on any atom is -0.356 e. The van der Waals surface area contributed by atoms with Crippen LogP contribution in [0.3, 0.4) is 0 Å². The summed E-state index contributed by atoms with van der Waals surface area (Å²) in [5.74, 6) is 1.50. The van der Waals surface area contributed by atoms with E-state index in [0.29, 0.717) is 11.5 Å². The molecule has 0 aromatic carbocycles. The Labute approximate surface area is 112 Å². The Morgan fingerprint density at radius 2 is 2.05 bits per heavy atom. The van der Waals surface area contributed by atoms with Crippen LogP contribution in [0.4, 0.5) is 5.82 Å². The molecule has 0 radical (unpaired) electrons. The van der Waals surface area contributed by atoms with Gasteiger partial charge >= 0.3 is 0 Å². The molecule has 1 aliphatic heterocycles. The van der Waals surface area contributed by atoms with Crippen molar-refractivity contribution < 1.29 is 0 Å². The first-order chi connectivity index (χ1) is 9.36. The van der Waals surface area contributed by atoms with Gasteiger partial charge in [-0.25, -0.2) is 4.98 Å². The number of hydrogen-bond donors (Lipinski definition) is 0. The molecule has 0 spiro atoms. The van der Waals surface area contributed by atoms with Crippen molar-refractivity contribution in [1.82, 2.24) is 9.97 Å². The molecule has 1 atom stereocenters. The Balaban J connectivity index is 1.73. The zero-order valence-corrected chi connectivity index (χ0v) is 10.5. The maximum absolute atomic E-state index is 8.78. The van der Waals surface area contributed by atoms with Crippen molar-refractivity contribution >= 4 is 5.82 Å². The maximum Gasteiger partial charge on any atom is 0.128 e. The van der Waals surface area contributed by atoms with Crippen LogP contribution in [-0.2, 0) is 0 Å². The predicted molar refractivity (Wildman–Crippen MR) is 72.8 cm³/mol. The van der Waals surface area contributed by atoms with Gasteiger partial charge in [0.05, 0.1) is 5.56 Å². The third-order valence-electron chi connectivity index (χ3n) is 3.57. The van der Waals surface area contributed by atoms with Crippen molar-refractivity contribution in [3.63, 3.8) is 0 Å². The summed E-state index contributed by atoms with van der Waals surface area (Å²) in [7, 11) is 0. The van der Waals surface area contributed by atoms with Gasteiger partial charge in [0.2, 0.25) is 0 Å². The van der Waals surface area contributed by atoms with Crippen molar-refractivity contribution in [2.75, 3.05) is 18.0 Å². The molecule has 3 heterocycles. The van der Waals surface area contributed by atoms with Gasteiger partial charge in [0.15, 0.2) is 0 Å². The second-order valence-electron chi connectivity index (χ2n) is 4.73. The van der Waals surface area contributed by atoms with Gasteiger partial charge in [0, 0.05) is 37.6 Å². The number of anilines is 1. The summed E-state index contributed by atoms with van der Waals surface area (Å²) >= 11 is 0. The molecule has 4 nitrogen and oxygen atoms in total. The van der Waals surface area contributed by atoms with E-state index in [-0.39, 0.29) is 0 Å². The number of nitriles is 1. The number of aromatic nitrogens is 2. The molecule has 0 N–H and O–H groups in total. The Morgan fingerprint density at radius 3 is 2.74 bits per heavy atom. The molecule has 1 saturated heterocycles. The summed E-state index contributed by atoms with van der Waals surface area (Å²) in [6, 6.07) is 10.0. The average molecular weight is 250 g/mol. The minimum atomic E-state index is 0.542. The van der Waals surface area contributed by atoms with E-state index in [1.165, 1.54) is 5.56 Å². The van der Waals surface area contributed by atoms with Crippen molar-refractivity contribution in [3.8, 4) is 6.07 Å². The van der Waals surface area contributed by atoms with Gasteiger partial charge in [0.1, 0.15) is 11.9 Å². The molecule has 0 saturated carbocycles. The average Bonchev–Trinajstić information content (AvgIpc) is 2.98. The van der Waals surface area contributed by atoms with Gasteiger partial charge in [0.25, 0.3) is 0 Å². The van der Waals surface area contributed by atoms with E-state index >= 15 is 0 Å². The molecule has 0 aliphatic carbocycles. The van der Waals surface area contributed by atoms with Gasteiger partial charge < -0.3 is 4.90 Å². The Bertz CT molecular complexity index is 586. The monoisotopic (exact) mass is 250 g/mol. The fourth-order valence-corrected chi connectivity index (χ4v) is 2.52. The van der Waals surface area contributed by atoms with Crippen LogP contribution in [0.1, 0.15) is 23.5 Å². The molecule has 1 fully saturated rings. The van der Waals surface area contributed by atoms with Crippen molar-refractivity contribution in [1.29, 1.82) is 5.26 Å². The Morgan fingerprint density at radius 1 is 1.21 bits per heavy atom. The largest absolute Gasteiger partial charge is 0.356 e. The highest BCUT2D eigenvalue weighted by molar-refractivity contribution is 5.44. The van der Waals surface area contributed by atoms with Crippen LogP contribution in [0, 0.1) is 11.3 Å². The van der Waals surface area contributed by atoms with Crippen LogP contribution in [-0.4, -0.2) is 23.1 Å². The van der Waals surface area contributed by atoms with Gasteiger partial charge in [-0.3, -0.25) is 4.98 Å². The first-order valence-corrected chi connectivity index (χ1v) is 6.38. The summed E-state index contributed by atoms with van der Waals surface area (Å²) < 4.78 is 0. The van der Waals surface area contributed by atoms with E-state index in [1.54, 1.807) is 6.20 Å². The maximum atomic E-state index is 8.78. The normalized spacial score (nSPS) is 18.3. The quantitative estimate of drug-likeness (QED) is 0.821. The van der Waals surface area contributed by atoms with Crippen LogP contribution in [0.15, 0.2) is 42.9 Å². The third kappa shape index (κ3) is 2.41. The zero-order chi connectivity index (χ0) is 13.1. The lowest BCUT2D eigenvalue weighted by atomic mass is 10.00. The highest BCUT2D eigenvalue weighted by Crippen LogP contribution is 2.29. The number of rotatable bonds is 2. The van der Waals surface area contributed by atoms with Crippen LogP contribution in [0.25, 0.3) is 0 Å². The van der Waals surface area contributed by atoms with Gasteiger partial charge in [-0.05, 0) is 36.2 Å². The van der Waals surface area contributed by atoms with Crippen LogP contribution >= 0.6 is 0 Å². The van der Waals surface area contributed by atoms with E-state index in [2.05, 4.69) is 33.1 Å². The summed E-state index contributed by atoms with van der Waals surface area (Å²) in [6.07, 6.45) is 6.46. The molecule has 1 unspecified atom stereocenters. The topological polar surface area (TPSA) is 52.8 Å². The minimum absolute atomic E-state index is 0.542. The molecular weight excluding hydrogens is 236 g/mol. The first kappa shape index (κ1) is 11.7. The SMILES string of the molecule is N#Cc1ccc(N2CCC(c3ccncc3)C2)nc1. The molecule has 0 bridgehead atoms. The van der Waals surface area contributed by atoms with E-state index < -0.39 is 0 Å². The highest BCUT2D eigenvalue weighted by Gasteiger charge is 2.24. The summed E-state index contributed by atoms with van der Waals surface area (Å²) in [5, 5.41) is 8.78. The third-order valence-corrected chi connectivity index (χ3v) is 3.57.